The summed E-state index contributed by atoms with van der Waals surface area (Å²) < 4.78 is 6.36. The van der Waals surface area contributed by atoms with Crippen LogP contribution < -0.4 is 20.5 Å². The molecule has 0 aliphatic carbocycles. The Morgan fingerprint density at radius 2 is 2.09 bits per heavy atom. The van der Waals surface area contributed by atoms with Gasteiger partial charge in [0.15, 0.2) is 5.82 Å². The average molecular weight is 318 g/mol. The van der Waals surface area contributed by atoms with E-state index in [0.717, 1.165) is 0 Å². The molecule has 0 fully saturated rings. The Morgan fingerprint density at radius 3 is 2.74 bits per heavy atom. The summed E-state index contributed by atoms with van der Waals surface area (Å²) in [5, 5.41) is 2.62. The lowest BCUT2D eigenvalue weighted by molar-refractivity contribution is 0.0947. The van der Waals surface area contributed by atoms with Crippen molar-refractivity contribution < 1.29 is 9.53 Å². The van der Waals surface area contributed by atoms with Crippen LogP contribution in [0.25, 0.3) is 0 Å². The fourth-order valence-electron chi connectivity index (χ4n) is 1.78. The van der Waals surface area contributed by atoms with Crippen LogP contribution in [-0.4, -0.2) is 46.6 Å². The number of aromatic nitrogens is 4. The van der Waals surface area contributed by atoms with Crippen LogP contribution in [0.2, 0.25) is 0 Å². The Labute approximate surface area is 133 Å². The first-order chi connectivity index (χ1) is 10.9. The first-order valence-electron chi connectivity index (χ1n) is 6.82. The van der Waals surface area contributed by atoms with Gasteiger partial charge in [-0.15, -0.1) is 0 Å². The van der Waals surface area contributed by atoms with Crippen molar-refractivity contribution in [1.82, 2.24) is 24.8 Å². The minimum absolute atomic E-state index is 0.0522. The smallest absolute Gasteiger partial charge is 0.321 e. The van der Waals surface area contributed by atoms with Crippen molar-refractivity contribution in [2.24, 2.45) is 7.05 Å². The number of aryl methyl sites for hydroxylation is 1. The molecule has 2 rings (SSSR count). The van der Waals surface area contributed by atoms with Crippen molar-refractivity contribution >= 4 is 11.9 Å². The lowest BCUT2D eigenvalue weighted by atomic mass is 10.2. The van der Waals surface area contributed by atoms with Crippen LogP contribution in [-0.2, 0) is 13.6 Å². The Balaban J connectivity index is 2.17. The number of hydrogen-bond donors (Lipinski definition) is 1. The predicted molar refractivity (Wildman–Crippen MR) is 83.6 cm³/mol. The molecule has 0 saturated heterocycles. The highest BCUT2D eigenvalue weighted by Gasteiger charge is 2.13. The molecular weight excluding hydrogens is 300 g/mol. The molecule has 0 spiro atoms. The number of carbonyl (C=O) groups is 1. The van der Waals surface area contributed by atoms with Crippen molar-refractivity contribution in [2.75, 3.05) is 26.1 Å². The van der Waals surface area contributed by atoms with E-state index in [1.54, 1.807) is 38.3 Å². The van der Waals surface area contributed by atoms with Gasteiger partial charge in [-0.05, 0) is 12.1 Å². The fraction of sp³-hybridized carbons (Fsp3) is 0.357. The van der Waals surface area contributed by atoms with Gasteiger partial charge < -0.3 is 19.5 Å². The molecule has 1 amide bonds. The van der Waals surface area contributed by atoms with Gasteiger partial charge in [0.2, 0.25) is 5.95 Å². The molecule has 2 aromatic rings. The van der Waals surface area contributed by atoms with Crippen molar-refractivity contribution in [2.45, 2.75) is 6.54 Å². The summed E-state index contributed by atoms with van der Waals surface area (Å²) in [5.41, 5.74) is -0.309. The van der Waals surface area contributed by atoms with Crippen molar-refractivity contribution in [3.63, 3.8) is 0 Å². The SMILES string of the molecule is COc1nc(CNC(=O)c2cccn(C)c2=O)nc(N(C)C)n1. The van der Waals surface area contributed by atoms with E-state index in [-0.39, 0.29) is 23.7 Å². The topological polar surface area (TPSA) is 102 Å². The van der Waals surface area contributed by atoms with Gasteiger partial charge in [0.1, 0.15) is 5.56 Å². The number of pyridine rings is 1. The lowest BCUT2D eigenvalue weighted by Crippen LogP contribution is -2.32. The first-order valence-corrected chi connectivity index (χ1v) is 6.82. The van der Waals surface area contributed by atoms with Gasteiger partial charge in [-0.2, -0.15) is 15.0 Å². The fourth-order valence-corrected chi connectivity index (χ4v) is 1.78. The molecule has 0 atom stereocenters. The molecule has 9 heteroatoms. The highest BCUT2D eigenvalue weighted by molar-refractivity contribution is 5.93. The van der Waals surface area contributed by atoms with Crippen LogP contribution in [0.15, 0.2) is 23.1 Å². The van der Waals surface area contributed by atoms with E-state index >= 15 is 0 Å². The van der Waals surface area contributed by atoms with Crippen LogP contribution in [0.3, 0.4) is 0 Å². The second-order valence-electron chi connectivity index (χ2n) is 4.95. The molecular formula is C14H18N6O3. The van der Waals surface area contributed by atoms with Crippen molar-refractivity contribution in [3.8, 4) is 6.01 Å². The summed E-state index contributed by atoms with van der Waals surface area (Å²) in [6, 6.07) is 3.26. The zero-order valence-corrected chi connectivity index (χ0v) is 13.4. The van der Waals surface area contributed by atoms with Crippen LogP contribution in [0, 0.1) is 0 Å². The summed E-state index contributed by atoms with van der Waals surface area (Å²) in [4.78, 5) is 38.1. The molecule has 1 N–H and O–H groups in total. The van der Waals surface area contributed by atoms with E-state index < -0.39 is 5.91 Å². The summed E-state index contributed by atoms with van der Waals surface area (Å²) in [7, 11) is 6.60. The summed E-state index contributed by atoms with van der Waals surface area (Å²) in [5.74, 6) is 0.260. The van der Waals surface area contributed by atoms with E-state index in [1.165, 1.54) is 17.7 Å². The van der Waals surface area contributed by atoms with E-state index in [2.05, 4.69) is 20.3 Å². The van der Waals surface area contributed by atoms with E-state index in [1.807, 2.05) is 0 Å². The van der Waals surface area contributed by atoms with Crippen molar-refractivity contribution in [3.05, 3.63) is 40.1 Å². The van der Waals surface area contributed by atoms with Gasteiger partial charge in [-0.1, -0.05) is 0 Å². The van der Waals surface area contributed by atoms with Crippen LogP contribution in [0.5, 0.6) is 6.01 Å². The van der Waals surface area contributed by atoms with E-state index in [9.17, 15) is 9.59 Å². The van der Waals surface area contributed by atoms with Crippen LogP contribution in [0.1, 0.15) is 16.2 Å². The number of nitrogens with zero attached hydrogens (tertiary/aromatic N) is 5. The monoisotopic (exact) mass is 318 g/mol. The second kappa shape index (κ2) is 6.86. The maximum atomic E-state index is 12.1. The molecule has 0 radical (unpaired) electrons. The number of anilines is 1. The van der Waals surface area contributed by atoms with Gasteiger partial charge in [0.25, 0.3) is 11.5 Å². The number of methoxy groups -OCH3 is 1. The van der Waals surface area contributed by atoms with Gasteiger partial charge in [0.05, 0.1) is 13.7 Å². The van der Waals surface area contributed by atoms with Crippen LogP contribution >= 0.6 is 0 Å². The highest BCUT2D eigenvalue weighted by Crippen LogP contribution is 2.09. The quantitative estimate of drug-likeness (QED) is 0.798. The second-order valence-corrected chi connectivity index (χ2v) is 4.95. The maximum absolute atomic E-state index is 12.1. The van der Waals surface area contributed by atoms with Crippen LogP contribution in [0.4, 0.5) is 5.95 Å². The normalized spacial score (nSPS) is 10.3. The Bertz CT molecular complexity index is 771. The zero-order chi connectivity index (χ0) is 17.0. The molecule has 0 unspecified atom stereocenters. The van der Waals surface area contributed by atoms with Gasteiger partial charge in [0, 0.05) is 27.3 Å². The molecule has 0 aromatic carbocycles. The molecule has 9 nitrogen and oxygen atoms in total. The Morgan fingerprint density at radius 1 is 1.35 bits per heavy atom. The molecule has 0 aliphatic heterocycles. The summed E-state index contributed by atoms with van der Waals surface area (Å²) in [6.45, 7) is 0.0522. The Hall–Kier alpha value is -2.97. The lowest BCUT2D eigenvalue weighted by Gasteiger charge is -2.12. The third-order valence-corrected chi connectivity index (χ3v) is 3.01. The number of carbonyl (C=O) groups excluding carboxylic acids is 1. The van der Waals surface area contributed by atoms with Crippen molar-refractivity contribution in [1.29, 1.82) is 0 Å². The summed E-state index contributed by atoms with van der Waals surface area (Å²) in [6.07, 6.45) is 1.58. The first kappa shape index (κ1) is 16.4. The molecule has 23 heavy (non-hydrogen) atoms. The molecule has 2 aromatic heterocycles. The number of ether oxygens (including phenoxy) is 1. The maximum Gasteiger partial charge on any atom is 0.321 e. The van der Waals surface area contributed by atoms with Gasteiger partial charge in [-0.3, -0.25) is 9.59 Å². The number of amides is 1. The largest absolute Gasteiger partial charge is 0.467 e. The number of nitrogens with one attached hydrogen (secondary N) is 1. The average Bonchev–Trinajstić information content (AvgIpc) is 2.54. The van der Waals surface area contributed by atoms with Gasteiger partial charge in [-0.25, -0.2) is 0 Å². The number of hydrogen-bond acceptors (Lipinski definition) is 7. The molecule has 0 aliphatic rings. The minimum atomic E-state index is -0.489. The predicted octanol–water partition coefficient (Wildman–Crippen LogP) is -0.425. The third-order valence-electron chi connectivity index (χ3n) is 3.01. The highest BCUT2D eigenvalue weighted by atomic mass is 16.5. The molecule has 2 heterocycles. The Kier molecular flexibility index (Phi) is 4.89. The third kappa shape index (κ3) is 3.82. The zero-order valence-electron chi connectivity index (χ0n) is 13.4. The van der Waals surface area contributed by atoms with E-state index in [4.69, 9.17) is 4.74 Å². The standard InChI is InChI=1S/C14H18N6O3/c1-19(2)13-16-10(17-14(18-13)23-4)8-15-11(21)9-6-5-7-20(3)12(9)22/h5-7H,8H2,1-4H3,(H,15,21). The van der Waals surface area contributed by atoms with E-state index in [0.29, 0.717) is 11.8 Å². The minimum Gasteiger partial charge on any atom is -0.467 e. The molecule has 0 saturated carbocycles. The molecule has 122 valence electrons. The summed E-state index contributed by atoms with van der Waals surface area (Å²) >= 11 is 0. The molecule has 0 bridgehead atoms. The van der Waals surface area contributed by atoms with Gasteiger partial charge >= 0.3 is 6.01 Å². The number of rotatable bonds is 5.